The molecule has 0 saturated carbocycles. The number of nitrogens with zero attached hydrogens (tertiary/aromatic N) is 1. The first-order chi connectivity index (χ1) is 9.22. The van der Waals surface area contributed by atoms with E-state index in [2.05, 4.69) is 9.98 Å². The van der Waals surface area contributed by atoms with Gasteiger partial charge in [-0.3, -0.25) is 4.79 Å². The van der Waals surface area contributed by atoms with Crippen LogP contribution in [0, 0.1) is 6.92 Å². The molecule has 0 bridgehead atoms. The zero-order chi connectivity index (χ0) is 13.2. The van der Waals surface area contributed by atoms with Gasteiger partial charge in [-0.15, -0.1) is 0 Å². The van der Waals surface area contributed by atoms with Crippen LogP contribution in [0.5, 0.6) is 0 Å². The van der Waals surface area contributed by atoms with E-state index >= 15 is 0 Å². The zero-order valence-electron chi connectivity index (χ0n) is 10.4. The number of thioether (sulfide) groups is 1. The van der Waals surface area contributed by atoms with Gasteiger partial charge in [0.25, 0.3) is 5.91 Å². The summed E-state index contributed by atoms with van der Waals surface area (Å²) < 4.78 is 0. The Balaban J connectivity index is 1.86. The van der Waals surface area contributed by atoms with Crippen molar-refractivity contribution in [2.75, 3.05) is 0 Å². The molecule has 3 rings (SSSR count). The molecule has 94 valence electrons. The molecule has 2 heterocycles. The molecule has 3 nitrogen and oxygen atoms in total. The van der Waals surface area contributed by atoms with Crippen LogP contribution in [0.25, 0.3) is 6.08 Å². The van der Waals surface area contributed by atoms with E-state index in [9.17, 15) is 4.79 Å². The normalized spacial score (nSPS) is 17.0. The first-order valence-corrected chi connectivity index (χ1v) is 6.77. The molecule has 19 heavy (non-hydrogen) atoms. The lowest BCUT2D eigenvalue weighted by molar-refractivity contribution is -0.113. The van der Waals surface area contributed by atoms with Crippen molar-refractivity contribution in [1.82, 2.24) is 4.98 Å². The molecule has 0 spiro atoms. The van der Waals surface area contributed by atoms with Crippen molar-refractivity contribution in [3.05, 3.63) is 64.3 Å². The minimum absolute atomic E-state index is 0.171. The van der Waals surface area contributed by atoms with Gasteiger partial charge in [0.2, 0.25) is 0 Å². The zero-order valence-corrected chi connectivity index (χ0v) is 11.2. The lowest BCUT2D eigenvalue weighted by Crippen LogP contribution is -1.90. The van der Waals surface area contributed by atoms with Crippen LogP contribution in [0.1, 0.15) is 16.8 Å². The Morgan fingerprint density at radius 3 is 2.68 bits per heavy atom. The lowest BCUT2D eigenvalue weighted by Gasteiger charge is -1.99. The number of carbonyl (C=O) groups excluding carboxylic acids is 1. The monoisotopic (exact) mass is 268 g/mol. The molecule has 1 aromatic heterocycles. The second-order valence-corrected chi connectivity index (χ2v) is 5.35. The summed E-state index contributed by atoms with van der Waals surface area (Å²) in [6.45, 7) is 2.04. The van der Waals surface area contributed by atoms with Gasteiger partial charge < -0.3 is 4.98 Å². The smallest absolute Gasteiger partial charge is 0.284 e. The van der Waals surface area contributed by atoms with E-state index < -0.39 is 0 Å². The number of aromatic nitrogens is 1. The van der Waals surface area contributed by atoms with Gasteiger partial charge in [0, 0.05) is 17.5 Å². The molecule has 0 aliphatic carbocycles. The number of amides is 1. The van der Waals surface area contributed by atoms with Gasteiger partial charge in [-0.1, -0.05) is 41.6 Å². The fourth-order valence-electron chi connectivity index (χ4n) is 1.80. The predicted octanol–water partition coefficient (Wildman–Crippen LogP) is 3.38. The topological polar surface area (TPSA) is 45.2 Å². The van der Waals surface area contributed by atoms with Crippen molar-refractivity contribution >= 4 is 28.8 Å². The minimum atomic E-state index is -0.171. The van der Waals surface area contributed by atoms with Crippen molar-refractivity contribution in [3.8, 4) is 0 Å². The number of aryl methyl sites for hydroxylation is 1. The second-order valence-electron chi connectivity index (χ2n) is 4.32. The number of nitrogens with one attached hydrogen (secondary N) is 1. The predicted molar refractivity (Wildman–Crippen MR) is 79.1 cm³/mol. The van der Waals surface area contributed by atoms with Gasteiger partial charge in [0.05, 0.1) is 4.91 Å². The van der Waals surface area contributed by atoms with Gasteiger partial charge in [-0.2, -0.15) is 0 Å². The van der Waals surface area contributed by atoms with Gasteiger partial charge in [0.1, 0.15) is 5.04 Å². The van der Waals surface area contributed by atoms with E-state index in [4.69, 9.17) is 0 Å². The summed E-state index contributed by atoms with van der Waals surface area (Å²) in [5, 5.41) is 0.766. The molecular weight excluding hydrogens is 256 g/mol. The van der Waals surface area contributed by atoms with Crippen LogP contribution in [-0.4, -0.2) is 15.9 Å². The molecule has 1 N–H and O–H groups in total. The highest BCUT2D eigenvalue weighted by atomic mass is 32.2. The van der Waals surface area contributed by atoms with Crippen molar-refractivity contribution < 1.29 is 4.79 Å². The average Bonchev–Trinajstić information content (AvgIpc) is 3.02. The van der Waals surface area contributed by atoms with Crippen LogP contribution in [0.15, 0.2) is 52.5 Å². The Bertz CT molecular complexity index is 667. The summed E-state index contributed by atoms with van der Waals surface area (Å²) in [6.07, 6.45) is 3.66. The van der Waals surface area contributed by atoms with Crippen molar-refractivity contribution in [2.45, 2.75) is 6.92 Å². The van der Waals surface area contributed by atoms with Crippen LogP contribution in [-0.2, 0) is 4.79 Å². The van der Waals surface area contributed by atoms with E-state index in [1.54, 1.807) is 0 Å². The molecular formula is C15H12N2OS. The Labute approximate surface area is 115 Å². The molecule has 0 atom stereocenters. The first kappa shape index (κ1) is 12.0. The molecule has 0 radical (unpaired) electrons. The third-order valence-electron chi connectivity index (χ3n) is 2.83. The van der Waals surface area contributed by atoms with E-state index in [1.165, 1.54) is 17.3 Å². The Morgan fingerprint density at radius 1 is 1.21 bits per heavy atom. The Morgan fingerprint density at radius 2 is 2.00 bits per heavy atom. The van der Waals surface area contributed by atoms with Crippen molar-refractivity contribution in [3.63, 3.8) is 0 Å². The third-order valence-corrected chi connectivity index (χ3v) is 3.86. The van der Waals surface area contributed by atoms with Crippen molar-refractivity contribution in [2.24, 2.45) is 4.99 Å². The maximum atomic E-state index is 11.9. The summed E-state index contributed by atoms with van der Waals surface area (Å²) in [5.41, 5.74) is 3.09. The van der Waals surface area contributed by atoms with Crippen LogP contribution in [0.2, 0.25) is 0 Å². The van der Waals surface area contributed by atoms with Gasteiger partial charge in [-0.25, -0.2) is 4.99 Å². The van der Waals surface area contributed by atoms with E-state index in [0.717, 1.165) is 16.3 Å². The van der Waals surface area contributed by atoms with Gasteiger partial charge >= 0.3 is 0 Å². The molecule has 1 aliphatic rings. The standard InChI is InChI=1S/C15H12N2OS/c1-10-4-6-11(7-5-10)15-17-14(18)13(19-15)9-12-3-2-8-16-12/h2-9,16H,1H3/b13-9-. The summed E-state index contributed by atoms with van der Waals surface area (Å²) in [7, 11) is 0. The van der Waals surface area contributed by atoms with E-state index in [1.807, 2.05) is 55.6 Å². The molecule has 4 heteroatoms. The van der Waals surface area contributed by atoms with Crippen LogP contribution >= 0.6 is 11.8 Å². The Hall–Kier alpha value is -2.07. The number of hydrogen-bond donors (Lipinski definition) is 1. The van der Waals surface area contributed by atoms with E-state index in [0.29, 0.717) is 4.91 Å². The number of hydrogen-bond acceptors (Lipinski definition) is 2. The molecule has 1 aliphatic heterocycles. The van der Waals surface area contributed by atoms with Gasteiger partial charge in [-0.05, 0) is 25.1 Å². The highest BCUT2D eigenvalue weighted by Crippen LogP contribution is 2.31. The maximum absolute atomic E-state index is 11.9. The summed E-state index contributed by atoms with van der Waals surface area (Å²) >= 11 is 1.42. The second kappa shape index (κ2) is 4.90. The largest absolute Gasteiger partial charge is 0.362 e. The average molecular weight is 268 g/mol. The molecule has 2 aromatic rings. The number of aromatic amines is 1. The minimum Gasteiger partial charge on any atom is -0.362 e. The number of rotatable bonds is 2. The molecule has 1 amide bonds. The van der Waals surface area contributed by atoms with Crippen LogP contribution in [0.4, 0.5) is 0 Å². The summed E-state index contributed by atoms with van der Waals surface area (Å²) in [6, 6.07) is 11.9. The summed E-state index contributed by atoms with van der Waals surface area (Å²) in [5.74, 6) is -0.171. The third kappa shape index (κ3) is 2.53. The molecule has 0 saturated heterocycles. The number of aliphatic imine (C=N–C) groups is 1. The van der Waals surface area contributed by atoms with E-state index in [-0.39, 0.29) is 5.91 Å². The summed E-state index contributed by atoms with van der Waals surface area (Å²) in [4.78, 5) is 19.7. The SMILES string of the molecule is Cc1ccc(C2=NC(=O)/C(=C/c3ccc[nH]3)S2)cc1. The number of carbonyl (C=O) groups is 1. The quantitative estimate of drug-likeness (QED) is 0.849. The fourth-order valence-corrected chi connectivity index (χ4v) is 2.71. The highest BCUT2D eigenvalue weighted by molar-refractivity contribution is 8.19. The number of benzene rings is 1. The maximum Gasteiger partial charge on any atom is 0.284 e. The molecule has 0 unspecified atom stereocenters. The fraction of sp³-hybridized carbons (Fsp3) is 0.0667. The molecule has 0 fully saturated rings. The number of H-pyrrole nitrogens is 1. The van der Waals surface area contributed by atoms with Crippen LogP contribution in [0.3, 0.4) is 0 Å². The van der Waals surface area contributed by atoms with Crippen LogP contribution < -0.4 is 0 Å². The van der Waals surface area contributed by atoms with Gasteiger partial charge in [0.15, 0.2) is 0 Å². The molecule has 1 aromatic carbocycles. The highest BCUT2D eigenvalue weighted by Gasteiger charge is 2.22. The van der Waals surface area contributed by atoms with Crippen molar-refractivity contribution in [1.29, 1.82) is 0 Å². The lowest BCUT2D eigenvalue weighted by atomic mass is 10.2. The Kier molecular flexibility index (Phi) is 3.09. The first-order valence-electron chi connectivity index (χ1n) is 5.95.